The number of allylic oxidation sites excluding steroid dienone is 2. The van der Waals surface area contributed by atoms with E-state index in [4.69, 9.17) is 14.2 Å². The van der Waals surface area contributed by atoms with Crippen molar-refractivity contribution in [3.05, 3.63) is 12.2 Å². The fraction of sp³-hybridized carbons (Fsp3) is 0.800. The van der Waals surface area contributed by atoms with Crippen molar-refractivity contribution in [1.29, 1.82) is 0 Å². The van der Waals surface area contributed by atoms with Crippen LogP contribution in [0, 0.1) is 23.7 Å². The Hall–Kier alpha value is -2.05. The summed E-state index contributed by atoms with van der Waals surface area (Å²) in [6.07, 6.45) is 7.97. The van der Waals surface area contributed by atoms with Crippen molar-refractivity contribution in [1.82, 2.24) is 4.90 Å². The van der Waals surface area contributed by atoms with E-state index in [0.717, 1.165) is 25.7 Å². The first-order chi connectivity index (χ1) is 14.9. The molecular weight excluding hydrogens is 410 g/mol. The Morgan fingerprint density at radius 1 is 0.875 bits per heavy atom. The van der Waals surface area contributed by atoms with Gasteiger partial charge in [0.15, 0.2) is 0 Å². The molecule has 32 heavy (non-hydrogen) atoms. The number of hydrogen-bond donors (Lipinski definition) is 0. The van der Waals surface area contributed by atoms with Crippen molar-refractivity contribution in [3.63, 3.8) is 0 Å². The molecule has 1 amide bonds. The Bertz CT molecular complexity index is 747. The number of carbonyl (C=O) groups excluding carboxylic acids is 3. The lowest BCUT2D eigenvalue weighted by atomic mass is 9.83. The first-order valence-electron chi connectivity index (χ1n) is 11.9. The molecule has 3 aliphatic rings. The zero-order valence-electron chi connectivity index (χ0n) is 20.4. The van der Waals surface area contributed by atoms with E-state index in [1.54, 1.807) is 4.90 Å². The van der Waals surface area contributed by atoms with Gasteiger partial charge in [0, 0.05) is 19.0 Å². The summed E-state index contributed by atoms with van der Waals surface area (Å²) in [6, 6.07) is -0.00650. The standard InChI is InChI=1S/C25H39NO6/c1-24(2,3)31-22(28)20-17-11-10-16(15-17)19(20)21(27)30-14-12-18-9-7-8-13-26(18)23(29)32-25(4,5)6/h10-11,16-20H,7-9,12-15H2,1-6H3. The van der Waals surface area contributed by atoms with Crippen molar-refractivity contribution in [2.75, 3.05) is 13.2 Å². The van der Waals surface area contributed by atoms with Crippen LogP contribution >= 0.6 is 0 Å². The number of amides is 1. The second-order valence-electron chi connectivity index (χ2n) is 11.3. The second kappa shape index (κ2) is 9.44. The third-order valence-electron chi connectivity index (χ3n) is 6.36. The molecule has 0 N–H and O–H groups in total. The average Bonchev–Trinajstić information content (AvgIpc) is 3.27. The highest BCUT2D eigenvalue weighted by molar-refractivity contribution is 5.84. The largest absolute Gasteiger partial charge is 0.465 e. The Kier molecular flexibility index (Phi) is 7.25. The molecule has 1 saturated carbocycles. The molecule has 0 aromatic rings. The molecule has 7 heteroatoms. The van der Waals surface area contributed by atoms with Crippen LogP contribution < -0.4 is 0 Å². The lowest BCUT2D eigenvalue weighted by molar-refractivity contribution is -0.169. The van der Waals surface area contributed by atoms with E-state index in [2.05, 4.69) is 0 Å². The highest BCUT2D eigenvalue weighted by atomic mass is 16.6. The molecule has 5 unspecified atom stereocenters. The monoisotopic (exact) mass is 449 g/mol. The topological polar surface area (TPSA) is 82.1 Å². The summed E-state index contributed by atoms with van der Waals surface area (Å²) in [5.74, 6) is -1.57. The number of rotatable bonds is 5. The third-order valence-corrected chi connectivity index (χ3v) is 6.36. The maximum atomic E-state index is 13.0. The van der Waals surface area contributed by atoms with Gasteiger partial charge in [0.1, 0.15) is 11.2 Å². The molecule has 2 bridgehead atoms. The van der Waals surface area contributed by atoms with Crippen LogP contribution in [0.1, 0.15) is 73.6 Å². The Morgan fingerprint density at radius 3 is 2.06 bits per heavy atom. The quantitative estimate of drug-likeness (QED) is 0.349. The van der Waals surface area contributed by atoms with Crippen LogP contribution in [0.2, 0.25) is 0 Å². The first kappa shape index (κ1) is 24.6. The van der Waals surface area contributed by atoms with E-state index in [1.165, 1.54) is 0 Å². The molecule has 0 aromatic carbocycles. The zero-order chi connectivity index (χ0) is 23.7. The normalized spacial score (nSPS) is 29.7. The second-order valence-corrected chi connectivity index (χ2v) is 11.3. The van der Waals surface area contributed by atoms with Crippen LogP contribution in [0.25, 0.3) is 0 Å². The predicted octanol–water partition coefficient (Wildman–Crippen LogP) is 4.49. The minimum absolute atomic E-state index is 0.00650. The number of carbonyl (C=O) groups is 3. The van der Waals surface area contributed by atoms with Gasteiger partial charge in [0.25, 0.3) is 0 Å². The molecular formula is C25H39NO6. The number of esters is 2. The predicted molar refractivity (Wildman–Crippen MR) is 120 cm³/mol. The molecule has 180 valence electrons. The van der Waals surface area contributed by atoms with Gasteiger partial charge in [-0.05, 0) is 79.1 Å². The minimum atomic E-state index is -0.594. The number of piperidine rings is 1. The summed E-state index contributed by atoms with van der Waals surface area (Å²) >= 11 is 0. The van der Waals surface area contributed by atoms with Gasteiger partial charge in [-0.3, -0.25) is 9.59 Å². The zero-order valence-corrected chi connectivity index (χ0v) is 20.4. The van der Waals surface area contributed by atoms with Crippen LogP contribution in [0.5, 0.6) is 0 Å². The number of nitrogens with zero attached hydrogens (tertiary/aromatic N) is 1. The van der Waals surface area contributed by atoms with Crippen LogP contribution in [0.3, 0.4) is 0 Å². The van der Waals surface area contributed by atoms with E-state index in [1.807, 2.05) is 53.7 Å². The number of fused-ring (bicyclic) bond motifs is 2. The average molecular weight is 450 g/mol. The minimum Gasteiger partial charge on any atom is -0.465 e. The highest BCUT2D eigenvalue weighted by Crippen LogP contribution is 2.49. The van der Waals surface area contributed by atoms with Gasteiger partial charge in [-0.1, -0.05) is 12.2 Å². The maximum absolute atomic E-state index is 13.0. The van der Waals surface area contributed by atoms with Crippen molar-refractivity contribution >= 4 is 18.0 Å². The Balaban J connectivity index is 1.56. The molecule has 3 rings (SSSR count). The molecule has 2 fully saturated rings. The van der Waals surface area contributed by atoms with Gasteiger partial charge < -0.3 is 19.1 Å². The molecule has 0 aromatic heterocycles. The molecule has 1 saturated heterocycles. The van der Waals surface area contributed by atoms with Gasteiger partial charge in [-0.25, -0.2) is 4.79 Å². The maximum Gasteiger partial charge on any atom is 0.410 e. The molecule has 1 aliphatic heterocycles. The molecule has 1 heterocycles. The third kappa shape index (κ3) is 6.04. The summed E-state index contributed by atoms with van der Waals surface area (Å²) in [6.45, 7) is 12.0. The van der Waals surface area contributed by atoms with E-state index in [-0.39, 0.29) is 42.5 Å². The van der Waals surface area contributed by atoms with Crippen molar-refractivity contribution in [3.8, 4) is 0 Å². The van der Waals surface area contributed by atoms with Crippen LogP contribution in [-0.4, -0.2) is 53.3 Å². The van der Waals surface area contributed by atoms with E-state index in [0.29, 0.717) is 13.0 Å². The molecule has 2 aliphatic carbocycles. The van der Waals surface area contributed by atoms with Gasteiger partial charge in [0.2, 0.25) is 0 Å². The van der Waals surface area contributed by atoms with Gasteiger partial charge in [-0.2, -0.15) is 0 Å². The van der Waals surface area contributed by atoms with Crippen LogP contribution in [0.4, 0.5) is 4.79 Å². The summed E-state index contributed by atoms with van der Waals surface area (Å²) in [4.78, 5) is 40.1. The van der Waals surface area contributed by atoms with E-state index >= 15 is 0 Å². The highest BCUT2D eigenvalue weighted by Gasteiger charge is 2.53. The van der Waals surface area contributed by atoms with Crippen LogP contribution in [0.15, 0.2) is 12.2 Å². The number of ether oxygens (including phenoxy) is 3. The van der Waals surface area contributed by atoms with Crippen molar-refractivity contribution in [2.24, 2.45) is 23.7 Å². The molecule has 7 nitrogen and oxygen atoms in total. The van der Waals surface area contributed by atoms with E-state index in [9.17, 15) is 14.4 Å². The Labute approximate surface area is 191 Å². The van der Waals surface area contributed by atoms with E-state index < -0.39 is 23.0 Å². The lowest BCUT2D eigenvalue weighted by Crippen LogP contribution is -2.46. The SMILES string of the molecule is CC(C)(C)OC(=O)C1C2C=CC(C2)C1C(=O)OCCC1CCCCN1C(=O)OC(C)(C)C. The smallest absolute Gasteiger partial charge is 0.410 e. The molecule has 0 radical (unpaired) electrons. The Morgan fingerprint density at radius 2 is 1.47 bits per heavy atom. The summed E-state index contributed by atoms with van der Waals surface area (Å²) in [5.41, 5.74) is -1.14. The fourth-order valence-electron chi connectivity index (χ4n) is 5.09. The molecule has 5 atom stereocenters. The summed E-state index contributed by atoms with van der Waals surface area (Å²) < 4.78 is 16.8. The van der Waals surface area contributed by atoms with Gasteiger partial charge in [-0.15, -0.1) is 0 Å². The number of likely N-dealkylation sites (tertiary alicyclic amines) is 1. The van der Waals surface area contributed by atoms with Crippen LogP contribution in [-0.2, 0) is 23.8 Å². The van der Waals surface area contributed by atoms with Gasteiger partial charge in [0.05, 0.1) is 18.4 Å². The van der Waals surface area contributed by atoms with Crippen molar-refractivity contribution in [2.45, 2.75) is 90.9 Å². The van der Waals surface area contributed by atoms with Crippen molar-refractivity contribution < 1.29 is 28.6 Å². The molecule has 0 spiro atoms. The summed E-state index contributed by atoms with van der Waals surface area (Å²) in [7, 11) is 0. The number of hydrogen-bond acceptors (Lipinski definition) is 6. The first-order valence-corrected chi connectivity index (χ1v) is 11.9. The summed E-state index contributed by atoms with van der Waals surface area (Å²) in [5, 5.41) is 0. The lowest BCUT2D eigenvalue weighted by Gasteiger charge is -2.36. The van der Waals surface area contributed by atoms with Gasteiger partial charge >= 0.3 is 18.0 Å². The fourth-order valence-corrected chi connectivity index (χ4v) is 5.09.